The molecule has 0 unspecified atom stereocenters. The lowest BCUT2D eigenvalue weighted by atomic mass is 9.93. The molecule has 0 radical (unpaired) electrons. The summed E-state index contributed by atoms with van der Waals surface area (Å²) in [4.78, 5) is 16.5. The third-order valence-electron chi connectivity index (χ3n) is 5.46. The van der Waals surface area contributed by atoms with Gasteiger partial charge in [0.15, 0.2) is 0 Å². The van der Waals surface area contributed by atoms with Crippen molar-refractivity contribution in [1.82, 2.24) is 9.55 Å². The van der Waals surface area contributed by atoms with Gasteiger partial charge in [0.05, 0.1) is 30.0 Å². The molecule has 2 heterocycles. The molecule has 0 amide bonds. The van der Waals surface area contributed by atoms with Gasteiger partial charge >= 0.3 is 5.97 Å². The Morgan fingerprint density at radius 1 is 1.16 bits per heavy atom. The largest absolute Gasteiger partial charge is 0.488 e. The van der Waals surface area contributed by atoms with Crippen LogP contribution in [0.5, 0.6) is 5.75 Å². The first-order valence-electron chi connectivity index (χ1n) is 9.88. The molecular weight excluding hydrogens is 395 g/mol. The number of carbonyl (C=O) groups is 1. The molecule has 4 aromatic rings. The van der Waals surface area contributed by atoms with Gasteiger partial charge in [-0.2, -0.15) is 0 Å². The second kappa shape index (κ2) is 7.72. The molecule has 0 atom stereocenters. The van der Waals surface area contributed by atoms with Crippen LogP contribution in [-0.4, -0.2) is 22.6 Å². The lowest BCUT2D eigenvalue weighted by molar-refractivity contribution is 0.0600. The Hall–Kier alpha value is -3.93. The number of esters is 1. The summed E-state index contributed by atoms with van der Waals surface area (Å²) in [6.45, 7) is 0.906. The number of carbonyl (C=O) groups excluding carboxylic acids is 1. The Balaban J connectivity index is 1.65. The zero-order valence-corrected chi connectivity index (χ0v) is 16.8. The summed E-state index contributed by atoms with van der Waals surface area (Å²) in [5.41, 5.74) is 5.72. The van der Waals surface area contributed by atoms with E-state index < -0.39 is 5.97 Å². The Kier molecular flexibility index (Phi) is 4.75. The van der Waals surface area contributed by atoms with Crippen molar-refractivity contribution in [2.24, 2.45) is 0 Å². The summed E-state index contributed by atoms with van der Waals surface area (Å²) in [7, 11) is 1.36. The molecule has 0 saturated heterocycles. The third-order valence-corrected chi connectivity index (χ3v) is 5.46. The van der Waals surface area contributed by atoms with Crippen LogP contribution in [-0.2, 0) is 17.9 Å². The van der Waals surface area contributed by atoms with Crippen molar-refractivity contribution in [1.29, 1.82) is 0 Å². The van der Waals surface area contributed by atoms with Crippen molar-refractivity contribution in [3.8, 4) is 5.75 Å². The zero-order chi connectivity index (χ0) is 21.4. The summed E-state index contributed by atoms with van der Waals surface area (Å²) in [5.74, 6) is -0.0180. The van der Waals surface area contributed by atoms with Crippen LogP contribution in [0.25, 0.3) is 16.6 Å². The van der Waals surface area contributed by atoms with Crippen molar-refractivity contribution in [3.05, 3.63) is 101 Å². The Morgan fingerprint density at radius 3 is 2.90 bits per heavy atom. The van der Waals surface area contributed by atoms with Gasteiger partial charge in [0.25, 0.3) is 0 Å². The SMILES string of the molecule is COC(=O)c1ccc2c(c1)C(=CCn1cnc3ccc(F)cc31)c1ccccc1CO2. The minimum atomic E-state index is -0.407. The highest BCUT2D eigenvalue weighted by atomic mass is 19.1. The fraction of sp³-hybridized carbons (Fsp3) is 0.120. The topological polar surface area (TPSA) is 53.4 Å². The maximum atomic E-state index is 13.8. The van der Waals surface area contributed by atoms with Crippen LogP contribution in [0.1, 0.15) is 27.0 Å². The number of allylic oxidation sites excluding steroid dienone is 1. The number of benzene rings is 3. The minimum absolute atomic E-state index is 0.303. The third kappa shape index (κ3) is 3.46. The van der Waals surface area contributed by atoms with Gasteiger partial charge < -0.3 is 14.0 Å². The van der Waals surface area contributed by atoms with Crippen LogP contribution in [0, 0.1) is 5.82 Å². The molecule has 6 heteroatoms. The van der Waals surface area contributed by atoms with Gasteiger partial charge in [-0.25, -0.2) is 14.2 Å². The van der Waals surface area contributed by atoms with Gasteiger partial charge in [-0.1, -0.05) is 30.3 Å². The number of halogens is 1. The summed E-state index contributed by atoms with van der Waals surface area (Å²) >= 11 is 0. The number of imidazole rings is 1. The van der Waals surface area contributed by atoms with E-state index in [4.69, 9.17) is 9.47 Å². The van der Waals surface area contributed by atoms with Crippen molar-refractivity contribution in [3.63, 3.8) is 0 Å². The maximum Gasteiger partial charge on any atom is 0.337 e. The predicted molar refractivity (Wildman–Crippen MR) is 115 cm³/mol. The Bertz CT molecular complexity index is 1340. The number of hydrogen-bond donors (Lipinski definition) is 0. The highest BCUT2D eigenvalue weighted by Gasteiger charge is 2.21. The lowest BCUT2D eigenvalue weighted by Gasteiger charge is -2.12. The molecule has 0 aliphatic carbocycles. The van der Waals surface area contributed by atoms with Crippen molar-refractivity contribution in [2.45, 2.75) is 13.2 Å². The molecule has 5 nitrogen and oxygen atoms in total. The average molecular weight is 414 g/mol. The summed E-state index contributed by atoms with van der Waals surface area (Å²) in [5, 5.41) is 0. The number of methoxy groups -OCH3 is 1. The van der Waals surface area contributed by atoms with E-state index in [-0.39, 0.29) is 5.82 Å². The lowest BCUT2D eigenvalue weighted by Crippen LogP contribution is -2.03. The molecule has 0 bridgehead atoms. The molecule has 31 heavy (non-hydrogen) atoms. The van der Waals surface area contributed by atoms with Crippen molar-refractivity contribution >= 4 is 22.6 Å². The van der Waals surface area contributed by atoms with Gasteiger partial charge in [0.2, 0.25) is 0 Å². The Morgan fingerprint density at radius 2 is 2.03 bits per heavy atom. The number of hydrogen-bond acceptors (Lipinski definition) is 4. The van der Waals surface area contributed by atoms with Crippen LogP contribution in [0.3, 0.4) is 0 Å². The highest BCUT2D eigenvalue weighted by molar-refractivity contribution is 5.93. The van der Waals surface area contributed by atoms with E-state index in [1.165, 1.54) is 19.2 Å². The molecule has 5 rings (SSSR count). The normalized spacial score (nSPS) is 13.9. The van der Waals surface area contributed by atoms with Crippen LogP contribution in [0.4, 0.5) is 4.39 Å². The standard InChI is InChI=1S/C25H19FN2O3/c1-30-25(29)16-6-9-24-21(12-16)20(19-5-3-2-4-17(19)14-31-24)10-11-28-15-27-22-8-7-18(26)13-23(22)28/h2-10,12-13,15H,11,14H2,1H3. The minimum Gasteiger partial charge on any atom is -0.488 e. The molecular formula is C25H19FN2O3. The van der Waals surface area contributed by atoms with Crippen molar-refractivity contribution in [2.75, 3.05) is 7.11 Å². The number of aromatic nitrogens is 2. The van der Waals surface area contributed by atoms with E-state index >= 15 is 0 Å². The average Bonchev–Trinajstić information content (AvgIpc) is 3.12. The van der Waals surface area contributed by atoms with E-state index in [0.717, 1.165) is 33.3 Å². The molecule has 154 valence electrons. The highest BCUT2D eigenvalue weighted by Crippen LogP contribution is 2.37. The number of ether oxygens (including phenoxy) is 2. The van der Waals surface area contributed by atoms with E-state index in [1.807, 2.05) is 28.8 Å². The predicted octanol–water partition coefficient (Wildman–Crippen LogP) is 4.99. The number of fused-ring (bicyclic) bond motifs is 3. The first-order valence-corrected chi connectivity index (χ1v) is 9.88. The zero-order valence-electron chi connectivity index (χ0n) is 16.8. The van der Waals surface area contributed by atoms with Gasteiger partial charge in [0, 0.05) is 12.1 Å². The first kappa shape index (κ1) is 19.1. The van der Waals surface area contributed by atoms with Crippen molar-refractivity contribution < 1.29 is 18.7 Å². The fourth-order valence-electron chi connectivity index (χ4n) is 3.91. The quantitative estimate of drug-likeness (QED) is 0.444. The molecule has 1 aromatic heterocycles. The fourth-order valence-corrected chi connectivity index (χ4v) is 3.91. The first-order chi connectivity index (χ1) is 15.1. The second-order valence-electron chi connectivity index (χ2n) is 7.30. The van der Waals surface area contributed by atoms with E-state index in [9.17, 15) is 9.18 Å². The van der Waals surface area contributed by atoms with E-state index in [1.54, 1.807) is 30.6 Å². The monoisotopic (exact) mass is 414 g/mol. The molecule has 0 N–H and O–H groups in total. The van der Waals surface area contributed by atoms with E-state index in [2.05, 4.69) is 11.1 Å². The molecule has 3 aromatic carbocycles. The number of nitrogens with zero attached hydrogens (tertiary/aromatic N) is 2. The Labute approximate surface area is 178 Å². The van der Waals surface area contributed by atoms with Crippen LogP contribution in [0.2, 0.25) is 0 Å². The smallest absolute Gasteiger partial charge is 0.337 e. The van der Waals surface area contributed by atoms with Crippen LogP contribution >= 0.6 is 0 Å². The molecule has 0 spiro atoms. The van der Waals surface area contributed by atoms with Crippen LogP contribution < -0.4 is 4.74 Å². The van der Waals surface area contributed by atoms with Gasteiger partial charge in [-0.15, -0.1) is 0 Å². The summed E-state index contributed by atoms with van der Waals surface area (Å²) in [6, 6.07) is 17.9. The van der Waals surface area contributed by atoms with Crippen LogP contribution in [0.15, 0.2) is 73.1 Å². The van der Waals surface area contributed by atoms with Gasteiger partial charge in [0.1, 0.15) is 18.2 Å². The summed E-state index contributed by atoms with van der Waals surface area (Å²) in [6.07, 6.45) is 3.76. The molecule has 1 aliphatic heterocycles. The molecule has 0 fully saturated rings. The van der Waals surface area contributed by atoms with Gasteiger partial charge in [-0.3, -0.25) is 0 Å². The van der Waals surface area contributed by atoms with E-state index in [0.29, 0.717) is 24.5 Å². The summed E-state index contributed by atoms with van der Waals surface area (Å²) < 4.78 is 26.6. The number of rotatable bonds is 3. The molecule has 1 aliphatic rings. The molecule has 0 saturated carbocycles. The maximum absolute atomic E-state index is 13.8. The second-order valence-corrected chi connectivity index (χ2v) is 7.30. The van der Waals surface area contributed by atoms with Gasteiger partial charge in [-0.05, 0) is 53.1 Å².